The molecule has 3 rings (SSSR count). The second kappa shape index (κ2) is 5.47. The minimum absolute atomic E-state index is 0.266. The first-order valence-electron chi connectivity index (χ1n) is 7.72. The SMILES string of the molecule is CC(CC1Cc2ccccc2N1CC1CCC1)C(=O)O. The number of para-hydroxylation sites is 1. The number of benzene rings is 1. The van der Waals surface area contributed by atoms with Crippen LogP contribution in [0.3, 0.4) is 0 Å². The third-order valence-electron chi connectivity index (χ3n) is 4.92. The van der Waals surface area contributed by atoms with Gasteiger partial charge < -0.3 is 10.0 Å². The molecule has 2 aliphatic rings. The van der Waals surface area contributed by atoms with Gasteiger partial charge in [-0.15, -0.1) is 0 Å². The van der Waals surface area contributed by atoms with Crippen molar-refractivity contribution in [2.24, 2.45) is 11.8 Å². The van der Waals surface area contributed by atoms with Crippen molar-refractivity contribution in [2.75, 3.05) is 11.4 Å². The van der Waals surface area contributed by atoms with E-state index in [9.17, 15) is 4.79 Å². The number of fused-ring (bicyclic) bond motifs is 1. The van der Waals surface area contributed by atoms with Gasteiger partial charge in [0.2, 0.25) is 0 Å². The Morgan fingerprint density at radius 2 is 2.15 bits per heavy atom. The van der Waals surface area contributed by atoms with Gasteiger partial charge in [-0.25, -0.2) is 0 Å². The van der Waals surface area contributed by atoms with Crippen molar-refractivity contribution in [3.8, 4) is 0 Å². The summed E-state index contributed by atoms with van der Waals surface area (Å²) in [5.74, 6) is -0.133. The third-order valence-corrected chi connectivity index (χ3v) is 4.92. The van der Waals surface area contributed by atoms with Gasteiger partial charge in [-0.2, -0.15) is 0 Å². The fraction of sp³-hybridized carbons (Fsp3) is 0.588. The predicted molar refractivity (Wildman–Crippen MR) is 80.0 cm³/mol. The Morgan fingerprint density at radius 1 is 1.40 bits per heavy atom. The molecule has 108 valence electrons. The quantitative estimate of drug-likeness (QED) is 0.894. The second-order valence-electron chi connectivity index (χ2n) is 6.41. The van der Waals surface area contributed by atoms with Crippen LogP contribution in [0.5, 0.6) is 0 Å². The number of hydrogen-bond acceptors (Lipinski definition) is 2. The zero-order chi connectivity index (χ0) is 14.1. The molecule has 0 spiro atoms. The first kappa shape index (κ1) is 13.5. The van der Waals surface area contributed by atoms with Gasteiger partial charge in [0.05, 0.1) is 5.92 Å². The van der Waals surface area contributed by atoms with Gasteiger partial charge in [-0.3, -0.25) is 4.79 Å². The molecular formula is C17H23NO2. The Morgan fingerprint density at radius 3 is 2.80 bits per heavy atom. The van der Waals surface area contributed by atoms with Crippen LogP contribution in [-0.2, 0) is 11.2 Å². The molecule has 1 aliphatic heterocycles. The fourth-order valence-electron chi connectivity index (χ4n) is 3.44. The summed E-state index contributed by atoms with van der Waals surface area (Å²) in [7, 11) is 0. The van der Waals surface area contributed by atoms with Gasteiger partial charge in [-0.05, 0) is 43.2 Å². The van der Waals surface area contributed by atoms with Crippen molar-refractivity contribution in [2.45, 2.75) is 45.1 Å². The number of rotatable bonds is 5. The molecule has 20 heavy (non-hydrogen) atoms. The van der Waals surface area contributed by atoms with E-state index in [-0.39, 0.29) is 5.92 Å². The molecule has 1 aromatic carbocycles. The highest BCUT2D eigenvalue weighted by Crippen LogP contribution is 2.38. The molecule has 1 fully saturated rings. The maximum Gasteiger partial charge on any atom is 0.306 e. The Bertz CT molecular complexity index is 496. The van der Waals surface area contributed by atoms with Crippen LogP contribution in [0.15, 0.2) is 24.3 Å². The summed E-state index contributed by atoms with van der Waals surface area (Å²) in [5.41, 5.74) is 2.72. The van der Waals surface area contributed by atoms with E-state index in [1.807, 2.05) is 6.92 Å². The van der Waals surface area contributed by atoms with Crippen molar-refractivity contribution >= 4 is 11.7 Å². The lowest BCUT2D eigenvalue weighted by molar-refractivity contribution is -0.141. The van der Waals surface area contributed by atoms with Crippen LogP contribution < -0.4 is 4.90 Å². The van der Waals surface area contributed by atoms with Crippen LogP contribution in [0.1, 0.15) is 38.2 Å². The third kappa shape index (κ3) is 2.54. The molecule has 2 unspecified atom stereocenters. The van der Waals surface area contributed by atoms with Gasteiger partial charge in [0, 0.05) is 18.3 Å². The highest BCUT2D eigenvalue weighted by molar-refractivity contribution is 5.70. The first-order chi connectivity index (χ1) is 9.65. The molecule has 2 atom stereocenters. The predicted octanol–water partition coefficient (Wildman–Crippen LogP) is 3.33. The lowest BCUT2D eigenvalue weighted by Gasteiger charge is -2.36. The Labute approximate surface area is 120 Å². The fourth-order valence-corrected chi connectivity index (χ4v) is 3.44. The lowest BCUT2D eigenvalue weighted by atomic mass is 9.84. The van der Waals surface area contributed by atoms with Crippen LogP contribution in [0.2, 0.25) is 0 Å². The Kier molecular flexibility index (Phi) is 3.68. The molecule has 3 nitrogen and oxygen atoms in total. The smallest absolute Gasteiger partial charge is 0.306 e. The van der Waals surface area contributed by atoms with E-state index in [4.69, 9.17) is 5.11 Å². The largest absolute Gasteiger partial charge is 0.481 e. The van der Waals surface area contributed by atoms with E-state index >= 15 is 0 Å². The van der Waals surface area contributed by atoms with Gasteiger partial charge in [0.25, 0.3) is 0 Å². The first-order valence-corrected chi connectivity index (χ1v) is 7.72. The van der Waals surface area contributed by atoms with Crippen molar-refractivity contribution < 1.29 is 9.90 Å². The van der Waals surface area contributed by atoms with Gasteiger partial charge >= 0.3 is 5.97 Å². The standard InChI is InChI=1S/C17H23NO2/c1-12(17(19)20)9-15-10-14-7-2-3-8-16(14)18(15)11-13-5-4-6-13/h2-3,7-8,12-13,15H,4-6,9-11H2,1H3,(H,19,20). The van der Waals surface area contributed by atoms with Crippen molar-refractivity contribution in [3.63, 3.8) is 0 Å². The molecule has 1 heterocycles. The second-order valence-corrected chi connectivity index (χ2v) is 6.41. The van der Waals surface area contributed by atoms with Gasteiger partial charge in [0.15, 0.2) is 0 Å². The Balaban J connectivity index is 1.77. The van der Waals surface area contributed by atoms with Crippen molar-refractivity contribution in [3.05, 3.63) is 29.8 Å². The number of aliphatic carboxylic acids is 1. The van der Waals surface area contributed by atoms with E-state index in [1.54, 1.807) is 0 Å². The summed E-state index contributed by atoms with van der Waals surface area (Å²) in [6.07, 6.45) is 5.77. The topological polar surface area (TPSA) is 40.5 Å². The zero-order valence-corrected chi connectivity index (χ0v) is 12.1. The van der Waals surface area contributed by atoms with E-state index in [0.717, 1.165) is 25.3 Å². The minimum Gasteiger partial charge on any atom is -0.481 e. The van der Waals surface area contributed by atoms with Crippen molar-refractivity contribution in [1.82, 2.24) is 0 Å². The van der Waals surface area contributed by atoms with E-state index < -0.39 is 5.97 Å². The average molecular weight is 273 g/mol. The molecular weight excluding hydrogens is 250 g/mol. The molecule has 0 saturated heterocycles. The van der Waals surface area contributed by atoms with Crippen LogP contribution in [0.4, 0.5) is 5.69 Å². The molecule has 0 aromatic heterocycles. The lowest BCUT2D eigenvalue weighted by Crippen LogP contribution is -2.39. The van der Waals surface area contributed by atoms with Crippen molar-refractivity contribution in [1.29, 1.82) is 0 Å². The zero-order valence-electron chi connectivity index (χ0n) is 12.1. The van der Waals surface area contributed by atoms with Gasteiger partial charge in [-0.1, -0.05) is 31.5 Å². The molecule has 1 aromatic rings. The monoisotopic (exact) mass is 273 g/mol. The summed E-state index contributed by atoms with van der Waals surface area (Å²) < 4.78 is 0. The molecule has 0 amide bonds. The summed E-state index contributed by atoms with van der Waals surface area (Å²) in [6, 6.07) is 8.92. The van der Waals surface area contributed by atoms with Crippen LogP contribution >= 0.6 is 0 Å². The number of carboxylic acids is 1. The molecule has 3 heteroatoms. The number of nitrogens with zero attached hydrogens (tertiary/aromatic N) is 1. The highest BCUT2D eigenvalue weighted by Gasteiger charge is 2.33. The normalized spacial score (nSPS) is 23.2. The summed E-state index contributed by atoms with van der Waals surface area (Å²) in [5, 5.41) is 9.17. The van der Waals surface area contributed by atoms with Gasteiger partial charge in [0.1, 0.15) is 0 Å². The minimum atomic E-state index is -0.676. The molecule has 1 aliphatic carbocycles. The number of carbonyl (C=O) groups is 1. The summed E-state index contributed by atoms with van der Waals surface area (Å²) in [6.45, 7) is 2.93. The average Bonchev–Trinajstić information content (AvgIpc) is 2.71. The van der Waals surface area contributed by atoms with E-state index in [1.165, 1.54) is 30.5 Å². The number of carboxylic acid groups (broad SMARTS) is 1. The van der Waals surface area contributed by atoms with E-state index in [2.05, 4.69) is 29.2 Å². The summed E-state index contributed by atoms with van der Waals surface area (Å²) in [4.78, 5) is 13.6. The molecule has 0 radical (unpaired) electrons. The van der Waals surface area contributed by atoms with Crippen LogP contribution in [0.25, 0.3) is 0 Å². The van der Waals surface area contributed by atoms with E-state index in [0.29, 0.717) is 6.04 Å². The number of anilines is 1. The maximum absolute atomic E-state index is 11.1. The maximum atomic E-state index is 11.1. The molecule has 0 bridgehead atoms. The summed E-state index contributed by atoms with van der Waals surface area (Å²) >= 11 is 0. The van der Waals surface area contributed by atoms with Crippen LogP contribution in [0, 0.1) is 11.8 Å². The Hall–Kier alpha value is -1.51. The molecule has 1 saturated carbocycles. The highest BCUT2D eigenvalue weighted by atomic mass is 16.4. The molecule has 1 N–H and O–H groups in total. The van der Waals surface area contributed by atoms with Crippen LogP contribution in [-0.4, -0.2) is 23.7 Å². The number of hydrogen-bond donors (Lipinski definition) is 1.